The van der Waals surface area contributed by atoms with Crippen molar-refractivity contribution in [1.82, 2.24) is 0 Å². The molecule has 0 amide bonds. The van der Waals surface area contributed by atoms with Crippen LogP contribution in [0.25, 0.3) is 0 Å². The molecule has 58 valence electrons. The van der Waals surface area contributed by atoms with E-state index in [1.807, 2.05) is 0 Å². The average Bonchev–Trinajstić information content (AvgIpc) is 2.13. The molecule has 0 aromatic heterocycles. The lowest BCUT2D eigenvalue weighted by Crippen LogP contribution is -2.13. The van der Waals surface area contributed by atoms with Crippen molar-refractivity contribution in [3.8, 4) is 0 Å². The Labute approximate surface area is 68.1 Å². The number of hydrogen-bond acceptors (Lipinski definition) is 1. The molecule has 0 unspecified atom stereocenters. The molecule has 1 heteroatoms. The summed E-state index contributed by atoms with van der Waals surface area (Å²) in [6, 6.07) is 0. The van der Waals surface area contributed by atoms with E-state index in [2.05, 4.69) is 38.6 Å². The minimum Gasteiger partial charge on any atom is -0.147 e. The molecular formula is C9H16S. The highest BCUT2D eigenvalue weighted by atomic mass is 32.2. The molecule has 1 aliphatic heterocycles. The zero-order chi connectivity index (χ0) is 7.61. The number of thioether (sulfide) groups is 1. The van der Waals surface area contributed by atoms with Gasteiger partial charge >= 0.3 is 0 Å². The van der Waals surface area contributed by atoms with E-state index >= 15 is 0 Å². The maximum atomic E-state index is 2.40. The van der Waals surface area contributed by atoms with E-state index in [1.165, 1.54) is 18.6 Å². The van der Waals surface area contributed by atoms with Gasteiger partial charge in [0.1, 0.15) is 0 Å². The second-order valence-corrected chi connectivity index (χ2v) is 4.94. The molecule has 1 aliphatic rings. The average molecular weight is 156 g/mol. The summed E-state index contributed by atoms with van der Waals surface area (Å²) in [5.74, 6) is 1.22. The van der Waals surface area contributed by atoms with E-state index < -0.39 is 0 Å². The summed E-state index contributed by atoms with van der Waals surface area (Å²) in [5, 5.41) is 0. The smallest absolute Gasteiger partial charge is 0.0315 e. The summed E-state index contributed by atoms with van der Waals surface area (Å²) in [5.41, 5.74) is 1.65. The molecule has 0 saturated heterocycles. The summed E-state index contributed by atoms with van der Waals surface area (Å²) in [4.78, 5) is 0. The molecule has 1 rings (SSSR count). The fourth-order valence-corrected chi connectivity index (χ4v) is 2.43. The first-order valence-electron chi connectivity index (χ1n) is 4.00. The molecule has 1 heterocycles. The van der Waals surface area contributed by atoms with Crippen LogP contribution in [-0.2, 0) is 0 Å². The lowest BCUT2D eigenvalue weighted by molar-refractivity contribution is 0.756. The summed E-state index contributed by atoms with van der Waals surface area (Å²) < 4.78 is 0.440. The Morgan fingerprint density at radius 3 is 2.70 bits per heavy atom. The van der Waals surface area contributed by atoms with Gasteiger partial charge in [-0.3, -0.25) is 0 Å². The quantitative estimate of drug-likeness (QED) is 0.553. The van der Waals surface area contributed by atoms with E-state index in [9.17, 15) is 0 Å². The van der Waals surface area contributed by atoms with Crippen molar-refractivity contribution in [2.45, 2.75) is 38.4 Å². The second kappa shape index (κ2) is 3.00. The fraction of sp³-hybridized carbons (Fsp3) is 0.778. The molecule has 0 fully saturated rings. The van der Waals surface area contributed by atoms with Crippen LogP contribution in [0.4, 0.5) is 0 Å². The van der Waals surface area contributed by atoms with Crippen LogP contribution in [-0.4, -0.2) is 10.5 Å². The van der Waals surface area contributed by atoms with Crippen LogP contribution in [0.15, 0.2) is 11.6 Å². The minimum absolute atomic E-state index is 0.440. The maximum absolute atomic E-state index is 2.40. The molecule has 0 radical (unpaired) electrons. The van der Waals surface area contributed by atoms with Gasteiger partial charge in [-0.15, -0.1) is 11.8 Å². The molecular weight excluding hydrogens is 140 g/mol. The van der Waals surface area contributed by atoms with Crippen LogP contribution < -0.4 is 0 Å². The molecule has 0 nitrogen and oxygen atoms in total. The summed E-state index contributed by atoms with van der Waals surface area (Å²) in [6.07, 6.45) is 4.98. The van der Waals surface area contributed by atoms with E-state index in [4.69, 9.17) is 0 Å². The zero-order valence-corrected chi connectivity index (χ0v) is 7.92. The predicted molar refractivity (Wildman–Crippen MR) is 49.5 cm³/mol. The monoisotopic (exact) mass is 156 g/mol. The van der Waals surface area contributed by atoms with Crippen molar-refractivity contribution in [3.05, 3.63) is 11.6 Å². The molecule has 0 bridgehead atoms. The van der Waals surface area contributed by atoms with Crippen molar-refractivity contribution >= 4 is 11.8 Å². The highest BCUT2D eigenvalue weighted by Crippen LogP contribution is 2.39. The number of rotatable bonds is 2. The van der Waals surface area contributed by atoms with Gasteiger partial charge in [0, 0.05) is 10.5 Å². The van der Waals surface area contributed by atoms with Crippen LogP contribution in [0.5, 0.6) is 0 Å². The predicted octanol–water partition coefficient (Wildman–Crippen LogP) is 3.24. The third-order valence-electron chi connectivity index (χ3n) is 2.07. The van der Waals surface area contributed by atoms with Crippen LogP contribution in [0.3, 0.4) is 0 Å². The van der Waals surface area contributed by atoms with E-state index in [0.29, 0.717) is 4.75 Å². The van der Waals surface area contributed by atoms with Crippen molar-refractivity contribution in [1.29, 1.82) is 0 Å². The van der Waals surface area contributed by atoms with Gasteiger partial charge in [-0.05, 0) is 20.3 Å². The fourth-order valence-electron chi connectivity index (χ4n) is 1.36. The Hall–Kier alpha value is 0.0900. The molecule has 0 spiro atoms. The van der Waals surface area contributed by atoms with Crippen LogP contribution in [0, 0.1) is 0 Å². The molecule has 10 heavy (non-hydrogen) atoms. The summed E-state index contributed by atoms with van der Waals surface area (Å²) >= 11 is 2.05. The topological polar surface area (TPSA) is 0 Å². The van der Waals surface area contributed by atoms with E-state index in [1.54, 1.807) is 5.57 Å². The van der Waals surface area contributed by atoms with Crippen molar-refractivity contribution in [3.63, 3.8) is 0 Å². The van der Waals surface area contributed by atoms with Crippen LogP contribution >= 0.6 is 11.8 Å². The third kappa shape index (κ3) is 1.57. The van der Waals surface area contributed by atoms with Gasteiger partial charge in [-0.1, -0.05) is 25.0 Å². The Morgan fingerprint density at radius 2 is 2.30 bits per heavy atom. The van der Waals surface area contributed by atoms with Gasteiger partial charge < -0.3 is 0 Å². The lowest BCUT2D eigenvalue weighted by Gasteiger charge is -2.20. The van der Waals surface area contributed by atoms with Gasteiger partial charge in [0.15, 0.2) is 0 Å². The SMILES string of the molecule is CCCC1=CCSC1(C)C. The molecule has 0 N–H and O–H groups in total. The van der Waals surface area contributed by atoms with Gasteiger partial charge in [-0.25, -0.2) is 0 Å². The van der Waals surface area contributed by atoms with Gasteiger partial charge in [0.05, 0.1) is 0 Å². The van der Waals surface area contributed by atoms with Crippen LogP contribution in [0.2, 0.25) is 0 Å². The van der Waals surface area contributed by atoms with Gasteiger partial charge in [-0.2, -0.15) is 0 Å². The molecule has 0 aromatic carbocycles. The first-order valence-corrected chi connectivity index (χ1v) is 4.99. The minimum atomic E-state index is 0.440. The molecule has 0 aromatic rings. The summed E-state index contributed by atoms with van der Waals surface area (Å²) in [7, 11) is 0. The highest BCUT2D eigenvalue weighted by molar-refractivity contribution is 8.01. The first kappa shape index (κ1) is 8.19. The number of hydrogen-bond donors (Lipinski definition) is 0. The largest absolute Gasteiger partial charge is 0.147 e. The highest BCUT2D eigenvalue weighted by Gasteiger charge is 2.26. The van der Waals surface area contributed by atoms with Gasteiger partial charge in [0.25, 0.3) is 0 Å². The molecule has 0 saturated carbocycles. The Balaban J connectivity index is 2.57. The Kier molecular flexibility index (Phi) is 2.45. The molecule has 0 aliphatic carbocycles. The first-order chi connectivity index (χ1) is 4.67. The molecule has 0 atom stereocenters. The zero-order valence-electron chi connectivity index (χ0n) is 7.11. The van der Waals surface area contributed by atoms with Gasteiger partial charge in [0.2, 0.25) is 0 Å². The van der Waals surface area contributed by atoms with Crippen molar-refractivity contribution < 1.29 is 0 Å². The van der Waals surface area contributed by atoms with Crippen molar-refractivity contribution in [2.75, 3.05) is 5.75 Å². The van der Waals surface area contributed by atoms with Crippen LogP contribution in [0.1, 0.15) is 33.6 Å². The third-order valence-corrected chi connectivity index (χ3v) is 3.38. The van der Waals surface area contributed by atoms with E-state index in [0.717, 1.165) is 0 Å². The lowest BCUT2D eigenvalue weighted by atomic mass is 9.98. The maximum Gasteiger partial charge on any atom is 0.0315 e. The van der Waals surface area contributed by atoms with Crippen molar-refractivity contribution in [2.24, 2.45) is 0 Å². The summed E-state index contributed by atoms with van der Waals surface area (Å²) in [6.45, 7) is 6.90. The van der Waals surface area contributed by atoms with E-state index in [-0.39, 0.29) is 0 Å². The normalized spacial score (nSPS) is 22.9. The Bertz CT molecular complexity index is 145. The standard InChI is InChI=1S/C9H16S/c1-4-5-8-6-7-10-9(8,2)3/h6H,4-5,7H2,1-3H3. The Morgan fingerprint density at radius 1 is 1.60 bits per heavy atom. The second-order valence-electron chi connectivity index (χ2n) is 3.30.